The second-order valence-electron chi connectivity index (χ2n) is 7.20. The predicted molar refractivity (Wildman–Crippen MR) is 108 cm³/mol. The standard InChI is InChI=1S/C25H28/c1-20(22-12-6-3-7-13-22)18-25(24-16-10-5-11-17-24)19-21(2)23-14-8-4-9-15-23/h3-17,20-21,25H,18-19H2,1-2H3. The molecule has 0 spiro atoms. The molecule has 0 aromatic heterocycles. The molecule has 0 aliphatic carbocycles. The van der Waals surface area contributed by atoms with E-state index in [1.165, 1.54) is 29.5 Å². The highest BCUT2D eigenvalue weighted by Crippen LogP contribution is 2.36. The minimum Gasteiger partial charge on any atom is -0.0622 e. The molecule has 0 N–H and O–H groups in total. The Morgan fingerprint density at radius 2 is 0.800 bits per heavy atom. The second kappa shape index (κ2) is 8.67. The molecule has 2 atom stereocenters. The highest BCUT2D eigenvalue weighted by Gasteiger charge is 2.20. The van der Waals surface area contributed by atoms with Crippen molar-refractivity contribution >= 4 is 0 Å². The summed E-state index contributed by atoms with van der Waals surface area (Å²) in [5.74, 6) is 1.70. The van der Waals surface area contributed by atoms with Crippen LogP contribution >= 0.6 is 0 Å². The van der Waals surface area contributed by atoms with Gasteiger partial charge in [0.15, 0.2) is 0 Å². The third kappa shape index (κ3) is 4.82. The molecule has 2 unspecified atom stereocenters. The Morgan fingerprint density at radius 3 is 1.16 bits per heavy atom. The van der Waals surface area contributed by atoms with Gasteiger partial charge in [-0.1, -0.05) is 105 Å². The zero-order chi connectivity index (χ0) is 17.5. The van der Waals surface area contributed by atoms with Crippen molar-refractivity contribution in [2.24, 2.45) is 0 Å². The quantitative estimate of drug-likeness (QED) is 0.431. The molecular weight excluding hydrogens is 300 g/mol. The predicted octanol–water partition coefficient (Wildman–Crippen LogP) is 7.16. The van der Waals surface area contributed by atoms with E-state index >= 15 is 0 Å². The van der Waals surface area contributed by atoms with Crippen LogP contribution in [0.1, 0.15) is 61.1 Å². The van der Waals surface area contributed by atoms with Crippen molar-refractivity contribution in [3.05, 3.63) is 108 Å². The third-order valence-corrected chi connectivity index (χ3v) is 5.28. The maximum atomic E-state index is 2.36. The van der Waals surface area contributed by atoms with Crippen LogP contribution in [0.3, 0.4) is 0 Å². The topological polar surface area (TPSA) is 0 Å². The second-order valence-corrected chi connectivity index (χ2v) is 7.20. The highest BCUT2D eigenvalue weighted by atomic mass is 14.2. The molecular formula is C25H28. The molecule has 0 amide bonds. The number of hydrogen-bond acceptors (Lipinski definition) is 0. The summed E-state index contributed by atoms with van der Waals surface area (Å²) in [5.41, 5.74) is 4.35. The van der Waals surface area contributed by atoms with Gasteiger partial charge in [-0.2, -0.15) is 0 Å². The van der Waals surface area contributed by atoms with Gasteiger partial charge in [0.25, 0.3) is 0 Å². The lowest BCUT2D eigenvalue weighted by Crippen LogP contribution is -2.08. The molecule has 0 bridgehead atoms. The maximum Gasteiger partial charge on any atom is -0.0151 e. The van der Waals surface area contributed by atoms with E-state index in [9.17, 15) is 0 Å². The van der Waals surface area contributed by atoms with E-state index in [1.807, 2.05) is 0 Å². The van der Waals surface area contributed by atoms with Crippen LogP contribution < -0.4 is 0 Å². The fraction of sp³-hybridized carbons (Fsp3) is 0.280. The Morgan fingerprint density at radius 1 is 0.480 bits per heavy atom. The van der Waals surface area contributed by atoms with Gasteiger partial charge in [-0.3, -0.25) is 0 Å². The average Bonchev–Trinajstić information content (AvgIpc) is 2.69. The van der Waals surface area contributed by atoms with E-state index in [-0.39, 0.29) is 0 Å². The molecule has 0 heteroatoms. The fourth-order valence-electron chi connectivity index (χ4n) is 3.78. The van der Waals surface area contributed by atoms with E-state index in [4.69, 9.17) is 0 Å². The van der Waals surface area contributed by atoms with Crippen molar-refractivity contribution < 1.29 is 0 Å². The first-order valence-corrected chi connectivity index (χ1v) is 9.39. The molecule has 3 aromatic carbocycles. The number of hydrogen-bond donors (Lipinski definition) is 0. The Kier molecular flexibility index (Phi) is 6.06. The SMILES string of the molecule is CC(CC(CC(C)c1ccccc1)c1ccccc1)c1ccccc1. The van der Waals surface area contributed by atoms with Crippen LogP contribution in [0.25, 0.3) is 0 Å². The molecule has 0 nitrogen and oxygen atoms in total. The Balaban J connectivity index is 1.78. The molecule has 3 aromatic rings. The van der Waals surface area contributed by atoms with Crippen LogP contribution in [0.5, 0.6) is 0 Å². The zero-order valence-corrected chi connectivity index (χ0v) is 15.3. The van der Waals surface area contributed by atoms with Crippen LogP contribution in [0.4, 0.5) is 0 Å². The maximum absolute atomic E-state index is 2.36. The van der Waals surface area contributed by atoms with Gasteiger partial charge in [0, 0.05) is 0 Å². The van der Waals surface area contributed by atoms with Gasteiger partial charge >= 0.3 is 0 Å². The lowest BCUT2D eigenvalue weighted by molar-refractivity contribution is 0.489. The van der Waals surface area contributed by atoms with Crippen molar-refractivity contribution in [3.8, 4) is 0 Å². The van der Waals surface area contributed by atoms with Gasteiger partial charge in [0.2, 0.25) is 0 Å². The van der Waals surface area contributed by atoms with E-state index in [0.717, 1.165) is 0 Å². The number of rotatable bonds is 7. The molecule has 25 heavy (non-hydrogen) atoms. The summed E-state index contributed by atoms with van der Waals surface area (Å²) in [5, 5.41) is 0. The first-order valence-electron chi connectivity index (χ1n) is 9.39. The lowest BCUT2D eigenvalue weighted by Gasteiger charge is -2.25. The summed E-state index contributed by atoms with van der Waals surface area (Å²) in [4.78, 5) is 0. The largest absolute Gasteiger partial charge is 0.0622 e. The minimum absolute atomic E-state index is 0.564. The summed E-state index contributed by atoms with van der Waals surface area (Å²) < 4.78 is 0. The molecule has 3 rings (SSSR count). The molecule has 128 valence electrons. The van der Waals surface area contributed by atoms with Crippen molar-refractivity contribution in [3.63, 3.8) is 0 Å². The van der Waals surface area contributed by atoms with Gasteiger partial charge < -0.3 is 0 Å². The van der Waals surface area contributed by atoms with E-state index in [2.05, 4.69) is 105 Å². The zero-order valence-electron chi connectivity index (χ0n) is 15.3. The van der Waals surface area contributed by atoms with Crippen molar-refractivity contribution in [1.82, 2.24) is 0 Å². The molecule has 0 aliphatic rings. The normalized spacial score (nSPS) is 14.6. The summed E-state index contributed by atoms with van der Waals surface area (Å²) in [6, 6.07) is 32.9. The monoisotopic (exact) mass is 328 g/mol. The van der Waals surface area contributed by atoms with Crippen molar-refractivity contribution in [2.75, 3.05) is 0 Å². The van der Waals surface area contributed by atoms with E-state index in [1.54, 1.807) is 0 Å². The van der Waals surface area contributed by atoms with Crippen LogP contribution in [-0.2, 0) is 0 Å². The van der Waals surface area contributed by atoms with Crippen LogP contribution in [0, 0.1) is 0 Å². The molecule has 0 heterocycles. The van der Waals surface area contributed by atoms with Crippen molar-refractivity contribution in [1.29, 1.82) is 0 Å². The molecule has 0 aliphatic heterocycles. The summed E-state index contributed by atoms with van der Waals surface area (Å²) in [7, 11) is 0. The lowest BCUT2D eigenvalue weighted by atomic mass is 9.80. The summed E-state index contributed by atoms with van der Waals surface area (Å²) in [6.45, 7) is 4.72. The van der Waals surface area contributed by atoms with Crippen LogP contribution in [-0.4, -0.2) is 0 Å². The molecule has 0 fully saturated rings. The molecule has 0 saturated carbocycles. The van der Waals surface area contributed by atoms with Gasteiger partial charge in [-0.15, -0.1) is 0 Å². The van der Waals surface area contributed by atoms with Gasteiger partial charge in [0.05, 0.1) is 0 Å². The van der Waals surface area contributed by atoms with Gasteiger partial charge in [-0.25, -0.2) is 0 Å². The van der Waals surface area contributed by atoms with Crippen LogP contribution in [0.15, 0.2) is 91.0 Å². The van der Waals surface area contributed by atoms with Crippen molar-refractivity contribution in [2.45, 2.75) is 44.4 Å². The summed E-state index contributed by atoms with van der Waals surface area (Å²) >= 11 is 0. The molecule has 0 saturated heterocycles. The summed E-state index contributed by atoms with van der Waals surface area (Å²) in [6.07, 6.45) is 2.37. The first-order chi connectivity index (χ1) is 12.2. The third-order valence-electron chi connectivity index (χ3n) is 5.28. The number of benzene rings is 3. The van der Waals surface area contributed by atoms with E-state index < -0.39 is 0 Å². The highest BCUT2D eigenvalue weighted by molar-refractivity contribution is 5.25. The van der Waals surface area contributed by atoms with Gasteiger partial charge in [0.1, 0.15) is 0 Å². The van der Waals surface area contributed by atoms with Crippen LogP contribution in [0.2, 0.25) is 0 Å². The Hall–Kier alpha value is -2.34. The first kappa shape index (κ1) is 17.5. The van der Waals surface area contributed by atoms with Gasteiger partial charge in [-0.05, 0) is 47.3 Å². The fourth-order valence-corrected chi connectivity index (χ4v) is 3.78. The smallest absolute Gasteiger partial charge is 0.0151 e. The van der Waals surface area contributed by atoms with E-state index in [0.29, 0.717) is 17.8 Å². The Labute approximate surface area is 152 Å². The minimum atomic E-state index is 0.564. The molecule has 0 radical (unpaired) electrons. The average molecular weight is 328 g/mol. The Bertz CT molecular complexity index is 683.